The topological polar surface area (TPSA) is 59.2 Å². The molecule has 162 valence electrons. The van der Waals surface area contributed by atoms with E-state index in [0.717, 1.165) is 16.7 Å². The van der Waals surface area contributed by atoms with Gasteiger partial charge in [-0.05, 0) is 36.2 Å². The third kappa shape index (κ3) is 5.78. The summed E-state index contributed by atoms with van der Waals surface area (Å²) in [6.07, 6.45) is 0. The normalized spacial score (nSPS) is 11.8. The van der Waals surface area contributed by atoms with E-state index >= 15 is 0 Å². The van der Waals surface area contributed by atoms with Crippen LogP contribution in [0.15, 0.2) is 94.6 Å². The monoisotopic (exact) mass is 463 g/mol. The summed E-state index contributed by atoms with van der Waals surface area (Å²) in [7, 11) is 0. The maximum absolute atomic E-state index is 13.4. The van der Waals surface area contributed by atoms with Crippen LogP contribution in [-0.4, -0.2) is 26.3 Å². The van der Waals surface area contributed by atoms with Crippen LogP contribution in [-0.2, 0) is 17.9 Å². The van der Waals surface area contributed by atoms with E-state index in [4.69, 9.17) is 16.0 Å². The summed E-state index contributed by atoms with van der Waals surface area (Å²) in [6, 6.07) is 27.2. The summed E-state index contributed by atoms with van der Waals surface area (Å²) in [5.74, 6) is 0.380. The predicted molar refractivity (Wildman–Crippen MR) is 127 cm³/mol. The Kier molecular flexibility index (Phi) is 7.24. The second-order valence-corrected chi connectivity index (χ2v) is 9.04. The first-order valence-corrected chi connectivity index (χ1v) is 11.5. The van der Waals surface area contributed by atoms with Crippen molar-refractivity contribution < 1.29 is 9.21 Å². The lowest BCUT2D eigenvalue weighted by molar-refractivity contribution is -0.131. The lowest BCUT2D eigenvalue weighted by Crippen LogP contribution is -2.35. The maximum atomic E-state index is 13.4. The number of carbonyl (C=O) groups excluding carboxylic acids is 1. The zero-order valence-electron chi connectivity index (χ0n) is 17.5. The van der Waals surface area contributed by atoms with Crippen molar-refractivity contribution in [3.05, 3.63) is 101 Å². The molecule has 0 aliphatic carbocycles. The lowest BCUT2D eigenvalue weighted by Gasteiger charge is -2.25. The SMILES string of the molecule is CC(Sc1nnc(-c2cccc(Cl)c2)o1)C(=O)N(Cc1ccccc1)Cc1ccccc1. The fraction of sp³-hybridized carbons (Fsp3) is 0.160. The van der Waals surface area contributed by atoms with Crippen LogP contribution >= 0.6 is 23.4 Å². The molecule has 0 N–H and O–H groups in total. The van der Waals surface area contributed by atoms with E-state index in [1.54, 1.807) is 12.1 Å². The molecule has 0 radical (unpaired) electrons. The number of aromatic nitrogens is 2. The van der Waals surface area contributed by atoms with Crippen LogP contribution in [0.4, 0.5) is 0 Å². The second-order valence-electron chi connectivity index (χ2n) is 7.31. The average molecular weight is 464 g/mol. The fourth-order valence-corrected chi connectivity index (χ4v) is 4.23. The lowest BCUT2D eigenvalue weighted by atomic mass is 10.1. The number of rotatable bonds is 8. The highest BCUT2D eigenvalue weighted by Gasteiger charge is 2.24. The molecule has 32 heavy (non-hydrogen) atoms. The van der Waals surface area contributed by atoms with Crippen molar-refractivity contribution in [2.24, 2.45) is 0 Å². The molecule has 0 aliphatic rings. The van der Waals surface area contributed by atoms with Gasteiger partial charge in [-0.3, -0.25) is 4.79 Å². The molecule has 1 amide bonds. The Hall–Kier alpha value is -3.09. The van der Waals surface area contributed by atoms with Gasteiger partial charge in [0.2, 0.25) is 11.8 Å². The molecule has 0 saturated carbocycles. The number of nitrogens with zero attached hydrogens (tertiary/aromatic N) is 3. The van der Waals surface area contributed by atoms with Gasteiger partial charge in [-0.2, -0.15) is 0 Å². The molecule has 0 bridgehead atoms. The molecular formula is C25H22ClN3O2S. The first-order chi connectivity index (χ1) is 15.6. The van der Waals surface area contributed by atoms with E-state index in [9.17, 15) is 4.79 Å². The highest BCUT2D eigenvalue weighted by atomic mass is 35.5. The van der Waals surface area contributed by atoms with E-state index in [2.05, 4.69) is 10.2 Å². The molecule has 1 aromatic heterocycles. The molecule has 1 unspecified atom stereocenters. The molecule has 4 rings (SSSR count). The Labute approximate surface area is 196 Å². The zero-order chi connectivity index (χ0) is 22.3. The van der Waals surface area contributed by atoms with Gasteiger partial charge in [-0.15, -0.1) is 10.2 Å². The van der Waals surface area contributed by atoms with Crippen molar-refractivity contribution in [1.29, 1.82) is 0 Å². The molecule has 0 spiro atoms. The van der Waals surface area contributed by atoms with Crippen LogP contribution in [0.3, 0.4) is 0 Å². The summed E-state index contributed by atoms with van der Waals surface area (Å²) in [6.45, 7) is 2.91. The number of amides is 1. The van der Waals surface area contributed by atoms with Crippen molar-refractivity contribution in [1.82, 2.24) is 15.1 Å². The Balaban J connectivity index is 1.48. The molecule has 5 nitrogen and oxygen atoms in total. The maximum Gasteiger partial charge on any atom is 0.277 e. The number of hydrogen-bond donors (Lipinski definition) is 0. The minimum absolute atomic E-state index is 0.00483. The van der Waals surface area contributed by atoms with Crippen LogP contribution in [0.1, 0.15) is 18.1 Å². The minimum Gasteiger partial charge on any atom is -0.411 e. The minimum atomic E-state index is -0.393. The van der Waals surface area contributed by atoms with Crippen molar-refractivity contribution >= 4 is 29.3 Å². The molecule has 0 aliphatic heterocycles. The highest BCUT2D eigenvalue weighted by Crippen LogP contribution is 2.28. The van der Waals surface area contributed by atoms with Crippen LogP contribution in [0, 0.1) is 0 Å². The number of thioether (sulfide) groups is 1. The molecule has 1 heterocycles. The zero-order valence-corrected chi connectivity index (χ0v) is 19.1. The van der Waals surface area contributed by atoms with Gasteiger partial charge in [0.15, 0.2) is 0 Å². The van der Waals surface area contributed by atoms with Gasteiger partial charge in [0.1, 0.15) is 0 Å². The Morgan fingerprint density at radius 3 is 2.16 bits per heavy atom. The van der Waals surface area contributed by atoms with Gasteiger partial charge in [0.05, 0.1) is 5.25 Å². The third-order valence-corrected chi connectivity index (χ3v) is 6.00. The van der Waals surface area contributed by atoms with Crippen LogP contribution < -0.4 is 0 Å². The summed E-state index contributed by atoms with van der Waals surface area (Å²) in [4.78, 5) is 15.2. The quantitative estimate of drug-likeness (QED) is 0.295. The molecule has 3 aromatic carbocycles. The molecule has 1 atom stereocenters. The third-order valence-electron chi connectivity index (χ3n) is 4.85. The van der Waals surface area contributed by atoms with Crippen LogP contribution in [0.5, 0.6) is 0 Å². The van der Waals surface area contributed by atoms with Gasteiger partial charge in [0, 0.05) is 23.7 Å². The Bertz CT molecular complexity index is 1130. The molecule has 4 aromatic rings. The Morgan fingerprint density at radius 1 is 0.938 bits per heavy atom. The van der Waals surface area contributed by atoms with Crippen molar-refractivity contribution in [3.8, 4) is 11.5 Å². The van der Waals surface area contributed by atoms with Crippen molar-refractivity contribution in [2.45, 2.75) is 30.5 Å². The largest absolute Gasteiger partial charge is 0.411 e. The average Bonchev–Trinajstić information content (AvgIpc) is 3.28. The standard InChI is InChI=1S/C25H22ClN3O2S/c1-18(32-25-28-27-23(31-25)21-13-8-14-22(26)15-21)24(30)29(16-19-9-4-2-5-10-19)17-20-11-6-3-7-12-20/h2-15,18H,16-17H2,1H3. The second kappa shape index (κ2) is 10.5. The number of carbonyl (C=O) groups is 1. The highest BCUT2D eigenvalue weighted by molar-refractivity contribution is 8.00. The fourth-order valence-electron chi connectivity index (χ4n) is 3.27. The number of halogens is 1. The van der Waals surface area contributed by atoms with Gasteiger partial charge >= 0.3 is 0 Å². The first kappa shape index (κ1) is 22.1. The van der Waals surface area contributed by atoms with Gasteiger partial charge in [-0.25, -0.2) is 0 Å². The van der Waals surface area contributed by atoms with E-state index in [1.807, 2.05) is 84.6 Å². The smallest absolute Gasteiger partial charge is 0.277 e. The molecule has 7 heteroatoms. The van der Waals surface area contributed by atoms with E-state index in [1.165, 1.54) is 11.8 Å². The van der Waals surface area contributed by atoms with Crippen molar-refractivity contribution in [3.63, 3.8) is 0 Å². The summed E-state index contributed by atoms with van der Waals surface area (Å²) >= 11 is 7.31. The molecular weight excluding hydrogens is 442 g/mol. The summed E-state index contributed by atoms with van der Waals surface area (Å²) in [5, 5.41) is 8.75. The molecule has 0 fully saturated rings. The predicted octanol–water partition coefficient (Wildman–Crippen LogP) is 6.10. The van der Waals surface area contributed by atoms with E-state index in [-0.39, 0.29) is 5.91 Å². The van der Waals surface area contributed by atoms with Gasteiger partial charge in [0.25, 0.3) is 5.22 Å². The van der Waals surface area contributed by atoms with Crippen LogP contribution in [0.2, 0.25) is 5.02 Å². The van der Waals surface area contributed by atoms with Gasteiger partial charge < -0.3 is 9.32 Å². The number of hydrogen-bond acceptors (Lipinski definition) is 5. The summed E-state index contributed by atoms with van der Waals surface area (Å²) in [5.41, 5.74) is 2.90. The van der Waals surface area contributed by atoms with Crippen LogP contribution in [0.25, 0.3) is 11.5 Å². The summed E-state index contributed by atoms with van der Waals surface area (Å²) < 4.78 is 5.77. The van der Waals surface area contributed by atoms with E-state index < -0.39 is 5.25 Å². The molecule has 0 saturated heterocycles. The number of benzene rings is 3. The first-order valence-electron chi connectivity index (χ1n) is 10.2. The van der Waals surface area contributed by atoms with Gasteiger partial charge in [-0.1, -0.05) is 90.1 Å². The van der Waals surface area contributed by atoms with Crippen molar-refractivity contribution in [2.75, 3.05) is 0 Å². The van der Waals surface area contributed by atoms with E-state index in [0.29, 0.717) is 29.2 Å². The Morgan fingerprint density at radius 2 is 1.56 bits per heavy atom.